The molecule has 1 saturated carbocycles. The second kappa shape index (κ2) is 4.73. The number of ether oxygens (including phenoxy) is 1. The first kappa shape index (κ1) is 13.1. The second-order valence-electron chi connectivity index (χ2n) is 4.52. The summed E-state index contributed by atoms with van der Waals surface area (Å²) in [6, 6.07) is 6.48. The van der Waals surface area contributed by atoms with E-state index in [1.165, 1.54) is 12.1 Å². The van der Waals surface area contributed by atoms with Gasteiger partial charge in [-0.15, -0.1) is 0 Å². The lowest BCUT2D eigenvalue weighted by Crippen LogP contribution is -2.11. The third-order valence-electron chi connectivity index (χ3n) is 3.21. The SMILES string of the molecule is CCOC(=O)c1cc(C(=O)O)cc(C2(C#N)CC2)c1. The Hall–Kier alpha value is -2.35. The molecule has 1 aliphatic rings. The molecule has 5 nitrogen and oxygen atoms in total. The summed E-state index contributed by atoms with van der Waals surface area (Å²) in [6.07, 6.45) is 1.38. The predicted molar refractivity (Wildman–Crippen MR) is 65.9 cm³/mol. The van der Waals surface area contributed by atoms with Crippen molar-refractivity contribution >= 4 is 11.9 Å². The van der Waals surface area contributed by atoms with Gasteiger partial charge in [-0.25, -0.2) is 9.59 Å². The lowest BCUT2D eigenvalue weighted by molar-refractivity contribution is 0.0526. The quantitative estimate of drug-likeness (QED) is 0.837. The second-order valence-corrected chi connectivity index (χ2v) is 4.52. The fraction of sp³-hybridized carbons (Fsp3) is 0.357. The zero-order chi connectivity index (χ0) is 14.0. The molecule has 0 aliphatic heterocycles. The van der Waals surface area contributed by atoms with E-state index in [0.717, 1.165) is 0 Å². The molecule has 2 rings (SSSR count). The molecule has 0 heterocycles. The van der Waals surface area contributed by atoms with Crippen LogP contribution >= 0.6 is 0 Å². The Kier molecular flexibility index (Phi) is 3.26. The highest BCUT2D eigenvalue weighted by Gasteiger charge is 2.45. The summed E-state index contributed by atoms with van der Waals surface area (Å²) in [5, 5.41) is 18.2. The topological polar surface area (TPSA) is 87.4 Å². The Morgan fingerprint density at radius 3 is 2.47 bits per heavy atom. The summed E-state index contributed by atoms with van der Waals surface area (Å²) in [7, 11) is 0. The van der Waals surface area contributed by atoms with Crippen molar-refractivity contribution in [1.29, 1.82) is 5.26 Å². The van der Waals surface area contributed by atoms with Crippen LogP contribution in [0, 0.1) is 11.3 Å². The summed E-state index contributed by atoms with van der Waals surface area (Å²) < 4.78 is 4.87. The third kappa shape index (κ3) is 2.43. The van der Waals surface area contributed by atoms with Crippen molar-refractivity contribution in [2.24, 2.45) is 0 Å². The number of nitriles is 1. The molecule has 0 unspecified atom stereocenters. The number of carboxylic acid groups (broad SMARTS) is 1. The minimum absolute atomic E-state index is 0.00192. The van der Waals surface area contributed by atoms with E-state index >= 15 is 0 Å². The summed E-state index contributed by atoms with van der Waals surface area (Å²) in [6.45, 7) is 1.90. The van der Waals surface area contributed by atoms with E-state index in [1.807, 2.05) is 0 Å². The van der Waals surface area contributed by atoms with Gasteiger partial charge in [0, 0.05) is 0 Å². The fourth-order valence-corrected chi connectivity index (χ4v) is 1.95. The third-order valence-corrected chi connectivity index (χ3v) is 3.21. The van der Waals surface area contributed by atoms with Crippen LogP contribution in [0.1, 0.15) is 46.0 Å². The number of aromatic carboxylic acids is 1. The maximum absolute atomic E-state index is 11.7. The highest BCUT2D eigenvalue weighted by Crippen LogP contribution is 2.47. The summed E-state index contributed by atoms with van der Waals surface area (Å²) in [5.41, 5.74) is 0.130. The van der Waals surface area contributed by atoms with Gasteiger partial charge in [0.1, 0.15) is 0 Å². The van der Waals surface area contributed by atoms with Crippen LogP contribution in [-0.2, 0) is 10.2 Å². The van der Waals surface area contributed by atoms with E-state index in [9.17, 15) is 9.59 Å². The Labute approximate surface area is 110 Å². The first-order valence-corrected chi connectivity index (χ1v) is 5.99. The van der Waals surface area contributed by atoms with Crippen LogP contribution < -0.4 is 0 Å². The van der Waals surface area contributed by atoms with Crippen molar-refractivity contribution in [1.82, 2.24) is 0 Å². The van der Waals surface area contributed by atoms with Gasteiger partial charge < -0.3 is 9.84 Å². The van der Waals surface area contributed by atoms with Crippen molar-refractivity contribution < 1.29 is 19.4 Å². The molecule has 0 bridgehead atoms. The summed E-state index contributed by atoms with van der Waals surface area (Å²) in [5.74, 6) is -1.69. The van der Waals surface area contributed by atoms with Gasteiger partial charge in [-0.3, -0.25) is 0 Å². The predicted octanol–water partition coefficient (Wildman–Crippen LogP) is 2.12. The maximum Gasteiger partial charge on any atom is 0.338 e. The van der Waals surface area contributed by atoms with Crippen LogP contribution in [0.5, 0.6) is 0 Å². The van der Waals surface area contributed by atoms with Gasteiger partial charge in [0.05, 0.1) is 29.2 Å². The summed E-state index contributed by atoms with van der Waals surface area (Å²) >= 11 is 0. The van der Waals surface area contributed by atoms with Crippen LogP contribution in [0.2, 0.25) is 0 Å². The minimum atomic E-state index is -1.12. The number of benzene rings is 1. The van der Waals surface area contributed by atoms with E-state index in [2.05, 4.69) is 6.07 Å². The molecule has 1 aromatic carbocycles. The van der Waals surface area contributed by atoms with Crippen LogP contribution in [0.25, 0.3) is 0 Å². The van der Waals surface area contributed by atoms with E-state index in [1.54, 1.807) is 13.0 Å². The number of hydrogen-bond acceptors (Lipinski definition) is 4. The summed E-state index contributed by atoms with van der Waals surface area (Å²) in [4.78, 5) is 22.8. The first-order chi connectivity index (χ1) is 9.02. The van der Waals surface area contributed by atoms with Crippen molar-refractivity contribution in [2.45, 2.75) is 25.2 Å². The van der Waals surface area contributed by atoms with Gasteiger partial charge in [-0.05, 0) is 43.5 Å². The molecule has 98 valence electrons. The van der Waals surface area contributed by atoms with Gasteiger partial charge >= 0.3 is 11.9 Å². The van der Waals surface area contributed by atoms with Gasteiger partial charge in [-0.1, -0.05) is 0 Å². The molecule has 0 radical (unpaired) electrons. The molecule has 0 spiro atoms. The monoisotopic (exact) mass is 259 g/mol. The molecule has 19 heavy (non-hydrogen) atoms. The highest BCUT2D eigenvalue weighted by molar-refractivity contribution is 5.95. The molecule has 0 saturated heterocycles. The molecule has 0 aromatic heterocycles. The van der Waals surface area contributed by atoms with Crippen molar-refractivity contribution in [3.8, 4) is 6.07 Å². The van der Waals surface area contributed by atoms with Gasteiger partial charge in [0.2, 0.25) is 0 Å². The normalized spacial score (nSPS) is 15.4. The number of carboxylic acids is 1. The van der Waals surface area contributed by atoms with Crippen molar-refractivity contribution in [2.75, 3.05) is 6.61 Å². The molecular formula is C14H13NO4. The van der Waals surface area contributed by atoms with E-state index in [4.69, 9.17) is 15.1 Å². The Balaban J connectivity index is 2.48. The Morgan fingerprint density at radius 1 is 1.37 bits per heavy atom. The minimum Gasteiger partial charge on any atom is -0.478 e. The van der Waals surface area contributed by atoms with Crippen LogP contribution in [0.4, 0.5) is 0 Å². The van der Waals surface area contributed by atoms with Crippen LogP contribution in [0.15, 0.2) is 18.2 Å². The molecule has 5 heteroatoms. The number of carbonyl (C=O) groups excluding carboxylic acids is 1. The average molecular weight is 259 g/mol. The zero-order valence-electron chi connectivity index (χ0n) is 10.5. The smallest absolute Gasteiger partial charge is 0.338 e. The van der Waals surface area contributed by atoms with E-state index in [-0.39, 0.29) is 17.7 Å². The number of hydrogen-bond donors (Lipinski definition) is 1. The largest absolute Gasteiger partial charge is 0.478 e. The van der Waals surface area contributed by atoms with Crippen LogP contribution in [0.3, 0.4) is 0 Å². The Bertz CT molecular complexity index is 582. The molecular weight excluding hydrogens is 246 g/mol. The average Bonchev–Trinajstić information content (AvgIpc) is 3.19. The van der Waals surface area contributed by atoms with E-state index in [0.29, 0.717) is 18.4 Å². The highest BCUT2D eigenvalue weighted by atomic mass is 16.5. The number of esters is 1. The van der Waals surface area contributed by atoms with Gasteiger partial charge in [0.25, 0.3) is 0 Å². The molecule has 0 atom stereocenters. The number of rotatable bonds is 4. The first-order valence-electron chi connectivity index (χ1n) is 5.99. The van der Waals surface area contributed by atoms with Gasteiger partial charge in [-0.2, -0.15) is 5.26 Å². The van der Waals surface area contributed by atoms with Crippen molar-refractivity contribution in [3.05, 3.63) is 34.9 Å². The lowest BCUT2D eigenvalue weighted by atomic mass is 9.93. The standard InChI is InChI=1S/C14H13NO4/c1-2-19-13(18)10-5-9(12(16)17)6-11(7-10)14(8-15)3-4-14/h5-7H,2-4H2,1H3,(H,16,17). The number of carbonyl (C=O) groups is 2. The molecule has 1 N–H and O–H groups in total. The van der Waals surface area contributed by atoms with Gasteiger partial charge in [0.15, 0.2) is 0 Å². The van der Waals surface area contributed by atoms with E-state index < -0.39 is 17.4 Å². The fourth-order valence-electron chi connectivity index (χ4n) is 1.95. The molecule has 1 fully saturated rings. The van der Waals surface area contributed by atoms with Crippen LogP contribution in [-0.4, -0.2) is 23.7 Å². The molecule has 1 aromatic rings. The Morgan fingerprint density at radius 2 is 2.00 bits per heavy atom. The lowest BCUT2D eigenvalue weighted by Gasteiger charge is -2.10. The molecule has 0 amide bonds. The zero-order valence-corrected chi connectivity index (χ0v) is 10.5. The molecule has 1 aliphatic carbocycles. The maximum atomic E-state index is 11.7. The van der Waals surface area contributed by atoms with Crippen molar-refractivity contribution in [3.63, 3.8) is 0 Å². The number of nitrogens with zero attached hydrogens (tertiary/aromatic N) is 1.